The molecule has 18 heteroatoms. The number of aryl methyl sites for hydroxylation is 1. The molecule has 1 aromatic heterocycles. The summed E-state index contributed by atoms with van der Waals surface area (Å²) >= 11 is 2.47. The van der Waals surface area contributed by atoms with Gasteiger partial charge in [0.15, 0.2) is 0 Å². The Morgan fingerprint density at radius 2 is 2.08 bits per heavy atom. The minimum Gasteiger partial charge on any atom is -0.477 e. The van der Waals surface area contributed by atoms with E-state index in [1.807, 2.05) is 0 Å². The predicted molar refractivity (Wildman–Crippen MR) is 127 cm³/mol. The van der Waals surface area contributed by atoms with Crippen molar-refractivity contribution in [3.05, 3.63) is 41.1 Å². The fourth-order valence-corrected chi connectivity index (χ4v) is 6.03. The highest BCUT2D eigenvalue weighted by atomic mass is 32.2. The van der Waals surface area contributed by atoms with Gasteiger partial charge >= 0.3 is 18.1 Å². The minimum atomic E-state index is -5.10. The summed E-state index contributed by atoms with van der Waals surface area (Å²) in [5.41, 5.74) is 6.13. The molecule has 3 atom stereocenters. The molecule has 2 aliphatic rings. The van der Waals surface area contributed by atoms with Gasteiger partial charge in [0.05, 0.1) is 0 Å². The molecule has 13 nitrogen and oxygen atoms in total. The average Bonchev–Trinajstić information content (AvgIpc) is 3.28. The number of rotatable bonds is 8. The van der Waals surface area contributed by atoms with Crippen molar-refractivity contribution in [2.45, 2.75) is 28.8 Å². The second kappa shape index (κ2) is 10.6. The van der Waals surface area contributed by atoms with Gasteiger partial charge in [0.25, 0.3) is 5.91 Å². The largest absolute Gasteiger partial charge is 0.477 e. The van der Waals surface area contributed by atoms with Crippen LogP contribution in [0.4, 0.5) is 18.9 Å². The highest BCUT2D eigenvalue weighted by Gasteiger charge is 2.54. The molecule has 2 aliphatic heterocycles. The van der Waals surface area contributed by atoms with Crippen molar-refractivity contribution in [2.75, 3.05) is 16.8 Å². The van der Waals surface area contributed by atoms with Crippen LogP contribution in [0.25, 0.3) is 0 Å². The standard InChI is InChI=1S/C20H19F3N8O5S2/c1-30-19(27-28-29-30)38-7-9-6-37-16-12(15(33)31(16)13(9)17(34)35)26-14(32)11(24)8-3-2-4-10(5-8)25-18(36)20(21,22)23/h2-5,11-12,16H,6-7,24H2,1H3,(H,25,36)(H,26,32)(H,34,35)/t11?,12?,16-/m1/s1. The number of alkyl halides is 3. The molecule has 1 saturated heterocycles. The lowest BCUT2D eigenvalue weighted by Gasteiger charge is -2.49. The van der Waals surface area contributed by atoms with E-state index in [2.05, 4.69) is 20.8 Å². The van der Waals surface area contributed by atoms with Gasteiger partial charge in [-0.1, -0.05) is 23.9 Å². The summed E-state index contributed by atoms with van der Waals surface area (Å²) in [5.74, 6) is -4.44. The Morgan fingerprint density at radius 1 is 1.34 bits per heavy atom. The van der Waals surface area contributed by atoms with Gasteiger partial charge in [-0.3, -0.25) is 19.3 Å². The number of nitrogens with one attached hydrogen (secondary N) is 2. The van der Waals surface area contributed by atoms with E-state index in [-0.39, 0.29) is 28.5 Å². The van der Waals surface area contributed by atoms with E-state index in [9.17, 15) is 37.5 Å². The number of carbonyl (C=O) groups is 4. The van der Waals surface area contributed by atoms with Crippen LogP contribution in [0.3, 0.4) is 0 Å². The highest BCUT2D eigenvalue weighted by molar-refractivity contribution is 8.01. The Bertz CT molecular complexity index is 1330. The van der Waals surface area contributed by atoms with E-state index < -0.39 is 47.3 Å². The number of fused-ring (bicyclic) bond motifs is 1. The number of β-lactam (4-membered cyclic amide) rings is 1. The summed E-state index contributed by atoms with van der Waals surface area (Å²) in [7, 11) is 1.63. The third kappa shape index (κ3) is 5.46. The first-order chi connectivity index (χ1) is 17.9. The molecule has 2 aromatic rings. The van der Waals surface area contributed by atoms with E-state index in [4.69, 9.17) is 5.73 Å². The first-order valence-electron chi connectivity index (χ1n) is 10.7. The fraction of sp³-hybridized carbons (Fsp3) is 0.350. The Kier molecular flexibility index (Phi) is 7.65. The van der Waals surface area contributed by atoms with E-state index in [0.29, 0.717) is 10.7 Å². The second-order valence-electron chi connectivity index (χ2n) is 8.08. The van der Waals surface area contributed by atoms with Crippen LogP contribution < -0.4 is 16.4 Å². The number of hydrogen-bond acceptors (Lipinski definition) is 10. The number of carboxylic acid groups (broad SMARTS) is 1. The van der Waals surface area contributed by atoms with E-state index in [1.165, 1.54) is 46.4 Å². The van der Waals surface area contributed by atoms with Crippen molar-refractivity contribution in [1.29, 1.82) is 0 Å². The first kappa shape index (κ1) is 27.4. The smallest absolute Gasteiger partial charge is 0.471 e. The maximum Gasteiger partial charge on any atom is 0.471 e. The number of carboxylic acids is 1. The van der Waals surface area contributed by atoms with Crippen LogP contribution in [0, 0.1) is 0 Å². The molecule has 1 fully saturated rings. The van der Waals surface area contributed by atoms with E-state index in [1.54, 1.807) is 12.4 Å². The van der Waals surface area contributed by atoms with Crippen molar-refractivity contribution < 1.29 is 37.5 Å². The number of aliphatic carboxylic acids is 1. The van der Waals surface area contributed by atoms with Gasteiger partial charge in [-0.2, -0.15) is 13.2 Å². The molecule has 0 aliphatic carbocycles. The van der Waals surface area contributed by atoms with Crippen molar-refractivity contribution in [3.8, 4) is 0 Å². The Morgan fingerprint density at radius 3 is 2.71 bits per heavy atom. The summed E-state index contributed by atoms with van der Waals surface area (Å²) in [5, 5.41) is 24.8. The fourth-order valence-electron chi connectivity index (χ4n) is 3.70. The number of halogens is 3. The molecule has 0 saturated carbocycles. The number of nitrogens with two attached hydrogens (primary N) is 1. The molecule has 0 spiro atoms. The average molecular weight is 573 g/mol. The number of amides is 3. The minimum absolute atomic E-state index is 0.0890. The zero-order valence-corrected chi connectivity index (χ0v) is 20.9. The Balaban J connectivity index is 1.42. The molecule has 5 N–H and O–H groups in total. The third-order valence-electron chi connectivity index (χ3n) is 5.55. The first-order valence-corrected chi connectivity index (χ1v) is 12.7. The van der Waals surface area contributed by atoms with Crippen molar-refractivity contribution >= 4 is 52.9 Å². The number of anilines is 1. The summed E-state index contributed by atoms with van der Waals surface area (Å²) in [6.45, 7) is 0. The van der Waals surface area contributed by atoms with Crippen molar-refractivity contribution in [1.82, 2.24) is 30.4 Å². The molecule has 0 radical (unpaired) electrons. The number of tetrazole rings is 1. The lowest BCUT2D eigenvalue weighted by molar-refractivity contribution is -0.167. The number of hydrogen-bond donors (Lipinski definition) is 4. The summed E-state index contributed by atoms with van der Waals surface area (Å²) in [4.78, 5) is 49.9. The van der Waals surface area contributed by atoms with Gasteiger partial charge < -0.3 is 21.5 Å². The zero-order chi connectivity index (χ0) is 27.8. The Hall–Kier alpha value is -3.64. The molecular formula is C20H19F3N8O5S2. The van der Waals surface area contributed by atoms with Crippen LogP contribution in [-0.4, -0.2) is 83.0 Å². The molecular weight excluding hydrogens is 553 g/mol. The number of thioether (sulfide) groups is 2. The summed E-state index contributed by atoms with van der Waals surface area (Å²) < 4.78 is 39.0. The zero-order valence-electron chi connectivity index (χ0n) is 19.3. The SMILES string of the molecule is Cn1nnnc1SCC1=C(C(=O)O)N2C(=O)C(NC(=O)C(N)c3cccc(NC(=O)C(F)(F)F)c3)[C@H]2SC1. The molecule has 3 heterocycles. The third-order valence-corrected chi connectivity index (χ3v) is 7.98. The van der Waals surface area contributed by atoms with Crippen LogP contribution in [0.15, 0.2) is 40.7 Å². The van der Waals surface area contributed by atoms with Crippen LogP contribution >= 0.6 is 23.5 Å². The lowest BCUT2D eigenvalue weighted by Crippen LogP contribution is -2.71. The summed E-state index contributed by atoms with van der Waals surface area (Å²) in [6.07, 6.45) is -5.10. The van der Waals surface area contributed by atoms with Crippen molar-refractivity contribution in [2.24, 2.45) is 12.8 Å². The van der Waals surface area contributed by atoms with E-state index >= 15 is 0 Å². The van der Waals surface area contributed by atoms with E-state index in [0.717, 1.165) is 11.0 Å². The normalized spacial score (nSPS) is 19.9. The highest BCUT2D eigenvalue weighted by Crippen LogP contribution is 2.41. The van der Waals surface area contributed by atoms with Gasteiger partial charge in [0.1, 0.15) is 23.2 Å². The molecule has 1 aromatic carbocycles. The van der Waals surface area contributed by atoms with Crippen LogP contribution in [0.1, 0.15) is 11.6 Å². The number of aromatic nitrogens is 4. The number of benzene rings is 1. The second-order valence-corrected chi connectivity index (χ2v) is 10.1. The molecule has 38 heavy (non-hydrogen) atoms. The molecule has 202 valence electrons. The lowest BCUT2D eigenvalue weighted by atomic mass is 10.0. The number of carbonyl (C=O) groups excluding carboxylic acids is 3. The monoisotopic (exact) mass is 572 g/mol. The van der Waals surface area contributed by atoms with Crippen LogP contribution in [0.5, 0.6) is 0 Å². The van der Waals surface area contributed by atoms with Gasteiger partial charge in [0.2, 0.25) is 11.1 Å². The van der Waals surface area contributed by atoms with Gasteiger partial charge in [-0.25, -0.2) is 9.48 Å². The maximum absolute atomic E-state index is 12.9. The van der Waals surface area contributed by atoms with Gasteiger partial charge in [-0.15, -0.1) is 16.9 Å². The topological polar surface area (TPSA) is 185 Å². The molecule has 4 rings (SSSR count). The quantitative estimate of drug-likeness (QED) is 0.251. The molecule has 2 unspecified atom stereocenters. The number of nitrogens with zero attached hydrogens (tertiary/aromatic N) is 5. The predicted octanol–water partition coefficient (Wildman–Crippen LogP) is 0.242. The van der Waals surface area contributed by atoms with Crippen LogP contribution in [0.2, 0.25) is 0 Å². The molecule has 0 bridgehead atoms. The van der Waals surface area contributed by atoms with Crippen LogP contribution in [-0.2, 0) is 26.2 Å². The Labute approximate surface area is 220 Å². The van der Waals surface area contributed by atoms with Gasteiger partial charge in [-0.05, 0) is 33.7 Å². The van der Waals surface area contributed by atoms with Gasteiger partial charge in [0, 0.05) is 24.2 Å². The van der Waals surface area contributed by atoms with Crippen molar-refractivity contribution in [3.63, 3.8) is 0 Å². The maximum atomic E-state index is 12.9. The summed E-state index contributed by atoms with van der Waals surface area (Å²) in [6, 6.07) is 2.55. The molecule has 3 amide bonds.